The van der Waals surface area contributed by atoms with E-state index in [1.165, 1.54) is 17.8 Å². The highest BCUT2D eigenvalue weighted by Crippen LogP contribution is 2.24. The molecule has 0 spiro atoms. The summed E-state index contributed by atoms with van der Waals surface area (Å²) in [4.78, 5) is 27.8. The molecule has 0 unspecified atom stereocenters. The van der Waals surface area contributed by atoms with Crippen LogP contribution in [0.2, 0.25) is 0 Å². The van der Waals surface area contributed by atoms with Crippen molar-refractivity contribution in [1.82, 2.24) is 4.90 Å². The number of carbonyl (C=O) groups is 1. The highest BCUT2D eigenvalue weighted by molar-refractivity contribution is 8.23. The summed E-state index contributed by atoms with van der Waals surface area (Å²) in [5.41, 5.74) is 1.65. The van der Waals surface area contributed by atoms with Gasteiger partial charge >= 0.3 is 5.63 Å². The molecule has 23 heavy (non-hydrogen) atoms. The lowest BCUT2D eigenvalue weighted by Gasteiger charge is -2.16. The predicted molar refractivity (Wildman–Crippen MR) is 97.3 cm³/mol. The van der Waals surface area contributed by atoms with Crippen molar-refractivity contribution in [2.75, 3.05) is 31.3 Å². The number of rotatable bonds is 3. The number of nitrogens with zero attached hydrogens (tertiary/aromatic N) is 2. The zero-order valence-electron chi connectivity index (χ0n) is 12.9. The molecule has 5 nitrogen and oxygen atoms in total. The number of anilines is 1. The number of carbonyl (C=O) groups excluding carboxylic acids is 1. The summed E-state index contributed by atoms with van der Waals surface area (Å²) >= 11 is 6.69. The van der Waals surface area contributed by atoms with Crippen LogP contribution in [0.1, 0.15) is 5.56 Å². The lowest BCUT2D eigenvalue weighted by Crippen LogP contribution is -2.32. The van der Waals surface area contributed by atoms with Gasteiger partial charge in [-0.25, -0.2) is 4.79 Å². The van der Waals surface area contributed by atoms with Crippen molar-refractivity contribution in [3.8, 4) is 0 Å². The van der Waals surface area contributed by atoms with Gasteiger partial charge in [0.1, 0.15) is 9.90 Å². The van der Waals surface area contributed by atoms with Gasteiger partial charge in [0.25, 0.3) is 0 Å². The smallest absolute Gasteiger partial charge is 0.336 e. The van der Waals surface area contributed by atoms with E-state index in [-0.39, 0.29) is 12.3 Å². The van der Waals surface area contributed by atoms with Crippen LogP contribution in [0, 0.1) is 0 Å². The van der Waals surface area contributed by atoms with Crippen LogP contribution in [-0.2, 0) is 11.2 Å². The second kappa shape index (κ2) is 6.33. The fraction of sp³-hybridized carbons (Fsp3) is 0.312. The Morgan fingerprint density at radius 3 is 2.83 bits per heavy atom. The van der Waals surface area contributed by atoms with Crippen molar-refractivity contribution in [2.45, 2.75) is 6.42 Å². The molecule has 1 aliphatic rings. The summed E-state index contributed by atoms with van der Waals surface area (Å²) in [6.07, 6.45) is 0.143. The van der Waals surface area contributed by atoms with Gasteiger partial charge in [0, 0.05) is 49.6 Å². The summed E-state index contributed by atoms with van der Waals surface area (Å²) in [6, 6.07) is 7.02. The van der Waals surface area contributed by atoms with E-state index in [0.29, 0.717) is 22.0 Å². The Kier molecular flexibility index (Phi) is 4.41. The van der Waals surface area contributed by atoms with Crippen molar-refractivity contribution < 1.29 is 9.21 Å². The maximum absolute atomic E-state index is 12.4. The minimum Gasteiger partial charge on any atom is -0.423 e. The molecule has 120 valence electrons. The van der Waals surface area contributed by atoms with E-state index in [0.717, 1.165) is 16.8 Å². The van der Waals surface area contributed by atoms with Gasteiger partial charge in [-0.2, -0.15) is 0 Å². The van der Waals surface area contributed by atoms with E-state index in [1.54, 1.807) is 11.0 Å². The zero-order chi connectivity index (χ0) is 16.6. The molecule has 0 saturated carbocycles. The number of benzene rings is 1. The van der Waals surface area contributed by atoms with E-state index in [1.807, 2.05) is 31.1 Å². The molecule has 0 N–H and O–H groups in total. The Balaban J connectivity index is 1.98. The summed E-state index contributed by atoms with van der Waals surface area (Å²) in [5.74, 6) is 0.748. The number of thiocarbonyl (C=S) groups is 1. The van der Waals surface area contributed by atoms with Gasteiger partial charge < -0.3 is 9.32 Å². The molecule has 0 aliphatic carbocycles. The van der Waals surface area contributed by atoms with Gasteiger partial charge in [0.15, 0.2) is 0 Å². The summed E-state index contributed by atoms with van der Waals surface area (Å²) in [5, 5.41) is 0.779. The molecule has 0 bridgehead atoms. The van der Waals surface area contributed by atoms with Gasteiger partial charge in [-0.05, 0) is 17.7 Å². The average Bonchev–Trinajstić information content (AvgIpc) is 2.92. The second-order valence-electron chi connectivity index (χ2n) is 5.50. The molecule has 1 aromatic carbocycles. The van der Waals surface area contributed by atoms with Crippen LogP contribution < -0.4 is 10.5 Å². The molecule has 0 radical (unpaired) electrons. The molecule has 1 saturated heterocycles. The van der Waals surface area contributed by atoms with Crippen LogP contribution in [-0.4, -0.2) is 41.5 Å². The van der Waals surface area contributed by atoms with Crippen molar-refractivity contribution in [3.05, 3.63) is 40.2 Å². The number of thioether (sulfide) groups is 1. The lowest BCUT2D eigenvalue weighted by molar-refractivity contribution is -0.126. The Hall–Kier alpha value is -1.86. The normalized spacial score (nSPS) is 14.5. The van der Waals surface area contributed by atoms with E-state index in [4.69, 9.17) is 16.6 Å². The van der Waals surface area contributed by atoms with E-state index >= 15 is 0 Å². The second-order valence-corrected chi connectivity index (χ2v) is 7.23. The van der Waals surface area contributed by atoms with Crippen LogP contribution >= 0.6 is 24.0 Å². The van der Waals surface area contributed by atoms with Crippen molar-refractivity contribution in [2.24, 2.45) is 0 Å². The maximum Gasteiger partial charge on any atom is 0.336 e. The molecule has 1 fully saturated rings. The third-order valence-electron chi connectivity index (χ3n) is 3.73. The molecule has 7 heteroatoms. The summed E-state index contributed by atoms with van der Waals surface area (Å²) in [7, 11) is 3.83. The standard InChI is InChI=1S/C16H16N2O3S2/c1-17(2)11-3-4-12-10(8-15(20)21-13(12)9-11)7-14(19)18-5-6-23-16(18)22/h3-4,8-9H,5-7H2,1-2H3. The molecule has 3 rings (SSSR count). The molecule has 1 aliphatic heterocycles. The Morgan fingerprint density at radius 1 is 1.39 bits per heavy atom. The SMILES string of the molecule is CN(C)c1ccc2c(CC(=O)N3CCSC3=S)cc(=O)oc2c1. The first-order valence-corrected chi connectivity index (χ1v) is 8.56. The van der Waals surface area contributed by atoms with Crippen molar-refractivity contribution >= 4 is 50.9 Å². The lowest BCUT2D eigenvalue weighted by atomic mass is 10.1. The molecule has 1 amide bonds. The quantitative estimate of drug-likeness (QED) is 0.626. The predicted octanol–water partition coefficient (Wildman–Crippen LogP) is 2.26. The van der Waals surface area contributed by atoms with Gasteiger partial charge in [0.05, 0.1) is 6.42 Å². The molecular formula is C16H16N2O3S2. The first-order valence-electron chi connectivity index (χ1n) is 7.17. The van der Waals surface area contributed by atoms with E-state index in [2.05, 4.69) is 0 Å². The molecule has 2 aromatic rings. The topological polar surface area (TPSA) is 53.8 Å². The van der Waals surface area contributed by atoms with E-state index in [9.17, 15) is 9.59 Å². The van der Waals surface area contributed by atoms with Crippen LogP contribution in [0.25, 0.3) is 11.0 Å². The first-order chi connectivity index (χ1) is 11.0. The molecule has 0 atom stereocenters. The highest BCUT2D eigenvalue weighted by Gasteiger charge is 2.24. The minimum absolute atomic E-state index is 0.0800. The van der Waals surface area contributed by atoms with Crippen molar-refractivity contribution in [3.63, 3.8) is 0 Å². The van der Waals surface area contributed by atoms with Crippen LogP contribution in [0.4, 0.5) is 5.69 Å². The summed E-state index contributed by atoms with van der Waals surface area (Å²) < 4.78 is 5.89. The molecule has 2 heterocycles. The van der Waals surface area contributed by atoms with Gasteiger partial charge in [-0.1, -0.05) is 24.0 Å². The Labute approximate surface area is 143 Å². The monoisotopic (exact) mass is 348 g/mol. The maximum atomic E-state index is 12.4. The molecule has 1 aromatic heterocycles. The third kappa shape index (κ3) is 3.25. The summed E-state index contributed by atoms with van der Waals surface area (Å²) in [6.45, 7) is 0.631. The zero-order valence-corrected chi connectivity index (χ0v) is 14.5. The fourth-order valence-corrected chi connectivity index (χ4v) is 3.76. The Bertz CT molecular complexity index is 845. The molecular weight excluding hydrogens is 332 g/mol. The van der Waals surface area contributed by atoms with Crippen LogP contribution in [0.3, 0.4) is 0 Å². The highest BCUT2D eigenvalue weighted by atomic mass is 32.2. The van der Waals surface area contributed by atoms with Gasteiger partial charge in [-0.15, -0.1) is 0 Å². The minimum atomic E-state index is -0.449. The largest absolute Gasteiger partial charge is 0.423 e. The number of amides is 1. The van der Waals surface area contributed by atoms with Gasteiger partial charge in [-0.3, -0.25) is 9.69 Å². The third-order valence-corrected chi connectivity index (χ3v) is 5.16. The van der Waals surface area contributed by atoms with E-state index < -0.39 is 5.63 Å². The Morgan fingerprint density at radius 2 is 2.17 bits per heavy atom. The van der Waals surface area contributed by atoms with Crippen LogP contribution in [0.15, 0.2) is 33.5 Å². The average molecular weight is 348 g/mol. The fourth-order valence-electron chi connectivity index (χ4n) is 2.52. The first kappa shape index (κ1) is 16.0. The number of fused-ring (bicyclic) bond motifs is 1. The number of hydrogen-bond acceptors (Lipinski definition) is 6. The van der Waals surface area contributed by atoms with Crippen LogP contribution in [0.5, 0.6) is 0 Å². The van der Waals surface area contributed by atoms with Crippen molar-refractivity contribution in [1.29, 1.82) is 0 Å². The van der Waals surface area contributed by atoms with Gasteiger partial charge in [0.2, 0.25) is 5.91 Å². The number of hydrogen-bond donors (Lipinski definition) is 0.